The topological polar surface area (TPSA) is 17.1 Å². The molecular weight excluding hydrogens is 561 g/mol. The third-order valence-corrected chi connectivity index (χ3v) is 7.17. The minimum Gasteiger partial charge on any atom is -0.298 e. The molecule has 0 aliphatic rings. The minimum absolute atomic E-state index is 0.0669. The lowest BCUT2D eigenvalue weighted by Crippen LogP contribution is -2.25. The van der Waals surface area contributed by atoms with E-state index in [2.05, 4.69) is 31.9 Å². The fourth-order valence-corrected chi connectivity index (χ4v) is 5.53. The van der Waals surface area contributed by atoms with Gasteiger partial charge in [0.1, 0.15) is 17.4 Å². The van der Waals surface area contributed by atoms with Gasteiger partial charge in [-0.2, -0.15) is 0 Å². The van der Waals surface area contributed by atoms with Crippen molar-refractivity contribution >= 4 is 60.8 Å². The summed E-state index contributed by atoms with van der Waals surface area (Å²) in [7, 11) is 0. The average Bonchev–Trinajstić information content (AvgIpc) is 2.65. The number of ketones is 1. The molecule has 2 atom stereocenters. The second-order valence-electron chi connectivity index (χ2n) is 7.92. The average molecular weight is 585 g/mol. The first-order valence-corrected chi connectivity index (χ1v) is 12.7. The van der Waals surface area contributed by atoms with E-state index < -0.39 is 23.5 Å². The second-order valence-corrected chi connectivity index (χ2v) is 10.0. The lowest BCUT2D eigenvalue weighted by Gasteiger charge is -2.23. The van der Waals surface area contributed by atoms with Crippen LogP contribution in [-0.4, -0.2) is 16.4 Å². The lowest BCUT2D eigenvalue weighted by atomic mass is 9.83. The highest BCUT2D eigenvalue weighted by molar-refractivity contribution is 9.09. The molecule has 0 saturated carbocycles. The molecule has 0 saturated heterocycles. The number of hydrogen-bond acceptors (Lipinski definition) is 1. The Morgan fingerprint density at radius 1 is 0.767 bits per heavy atom. The largest absolute Gasteiger partial charge is 0.298 e. The zero-order valence-corrected chi connectivity index (χ0v) is 21.9. The van der Waals surface area contributed by atoms with Crippen LogP contribution in [0.2, 0.25) is 10.0 Å². The first-order chi connectivity index (χ1) is 14.0. The molecule has 0 aliphatic heterocycles. The molecule has 2 rings (SSSR count). The number of benzene rings is 2. The summed E-state index contributed by atoms with van der Waals surface area (Å²) in [6.07, 6.45) is 0. The highest BCUT2D eigenvalue weighted by atomic mass is 79.9. The van der Waals surface area contributed by atoms with Crippen LogP contribution in [0.25, 0.3) is 0 Å². The predicted molar refractivity (Wildman–Crippen MR) is 129 cm³/mol. The fourth-order valence-electron chi connectivity index (χ4n) is 3.45. The zero-order chi connectivity index (χ0) is 22.7. The van der Waals surface area contributed by atoms with Crippen molar-refractivity contribution in [2.45, 2.75) is 51.4 Å². The first-order valence-electron chi connectivity index (χ1n) is 9.66. The van der Waals surface area contributed by atoms with Gasteiger partial charge < -0.3 is 0 Å². The van der Waals surface area contributed by atoms with Gasteiger partial charge in [0.2, 0.25) is 0 Å². The van der Waals surface area contributed by atoms with Crippen molar-refractivity contribution in [2.75, 3.05) is 10.7 Å². The summed E-state index contributed by atoms with van der Waals surface area (Å²) in [5.41, 5.74) is 2.05. The monoisotopic (exact) mass is 582 g/mol. The van der Waals surface area contributed by atoms with E-state index in [1.165, 1.54) is 12.1 Å². The number of hydrogen-bond donors (Lipinski definition) is 0. The van der Waals surface area contributed by atoms with Crippen molar-refractivity contribution < 1.29 is 13.6 Å². The molecule has 0 radical (unpaired) electrons. The highest BCUT2D eigenvalue weighted by Gasteiger charge is 2.32. The fraction of sp³-hybridized carbons (Fsp3) is 0.435. The highest BCUT2D eigenvalue weighted by Crippen LogP contribution is 2.37. The van der Waals surface area contributed by atoms with Crippen LogP contribution in [0, 0.1) is 11.6 Å². The summed E-state index contributed by atoms with van der Waals surface area (Å²) in [5.74, 6) is -2.82. The molecule has 0 amide bonds. The molecule has 30 heavy (non-hydrogen) atoms. The van der Waals surface area contributed by atoms with Gasteiger partial charge in [-0.25, -0.2) is 8.78 Å². The number of carbonyl (C=O) groups excluding carboxylic acids is 1. The third kappa shape index (κ3) is 5.46. The Balaban J connectivity index is 2.56. The molecule has 1 nitrogen and oxygen atoms in total. The lowest BCUT2D eigenvalue weighted by molar-refractivity contribution is -0.121. The van der Waals surface area contributed by atoms with Crippen molar-refractivity contribution in [3.8, 4) is 0 Å². The summed E-state index contributed by atoms with van der Waals surface area (Å²) < 4.78 is 29.6. The Labute approximate surface area is 203 Å². The number of halogens is 6. The molecule has 0 heterocycles. The molecule has 0 bridgehead atoms. The molecule has 7 heteroatoms. The summed E-state index contributed by atoms with van der Waals surface area (Å²) in [4.78, 5) is 13.5. The maximum absolute atomic E-state index is 14.8. The van der Waals surface area contributed by atoms with Crippen molar-refractivity contribution in [1.82, 2.24) is 0 Å². The number of Topliss-reactive ketones (excluding diaryl/α,β-unsaturated/α-hetero) is 1. The SMILES string of the molecule is CC(C)c1cc(C(CBr)C(=O)C(CBr)c2cc(C(C)C)c(Cl)cc2F)c(F)cc1Cl. The smallest absolute Gasteiger partial charge is 0.149 e. The van der Waals surface area contributed by atoms with Crippen LogP contribution in [-0.2, 0) is 4.79 Å². The molecule has 0 N–H and O–H groups in total. The Kier molecular flexibility index (Phi) is 9.35. The zero-order valence-electron chi connectivity index (χ0n) is 17.2. The predicted octanol–water partition coefficient (Wildman–Crippen LogP) is 8.74. The van der Waals surface area contributed by atoms with Crippen LogP contribution in [0.4, 0.5) is 8.78 Å². The maximum Gasteiger partial charge on any atom is 0.149 e. The van der Waals surface area contributed by atoms with E-state index in [-0.39, 0.29) is 39.4 Å². The van der Waals surface area contributed by atoms with Crippen molar-refractivity contribution in [3.05, 3.63) is 68.2 Å². The van der Waals surface area contributed by atoms with E-state index in [1.54, 1.807) is 12.1 Å². The van der Waals surface area contributed by atoms with E-state index >= 15 is 0 Å². The quantitative estimate of drug-likeness (QED) is 0.284. The number of rotatable bonds is 8. The summed E-state index contributed by atoms with van der Waals surface area (Å²) in [6.45, 7) is 7.80. The van der Waals surface area contributed by atoms with Crippen LogP contribution < -0.4 is 0 Å². The van der Waals surface area contributed by atoms with Gasteiger partial charge in [-0.15, -0.1) is 0 Å². The van der Waals surface area contributed by atoms with Gasteiger partial charge >= 0.3 is 0 Å². The molecule has 0 aromatic heterocycles. The molecule has 2 aromatic carbocycles. The van der Waals surface area contributed by atoms with Gasteiger partial charge in [-0.05, 0) is 46.2 Å². The van der Waals surface area contributed by atoms with Gasteiger partial charge in [0.05, 0.1) is 11.8 Å². The minimum atomic E-state index is -0.792. The molecule has 2 unspecified atom stereocenters. The molecule has 0 spiro atoms. The van der Waals surface area contributed by atoms with Gasteiger partial charge in [0, 0.05) is 20.7 Å². The first kappa shape index (κ1) is 25.8. The summed E-state index contributed by atoms with van der Waals surface area (Å²) >= 11 is 19.1. The van der Waals surface area contributed by atoms with Crippen molar-refractivity contribution in [3.63, 3.8) is 0 Å². The molecular formula is C23H24Br2Cl2F2O. The second kappa shape index (κ2) is 10.9. The van der Waals surface area contributed by atoms with E-state index in [4.69, 9.17) is 23.2 Å². The third-order valence-electron chi connectivity index (χ3n) is 5.22. The summed E-state index contributed by atoms with van der Waals surface area (Å²) in [6, 6.07) is 5.79. The molecule has 0 fully saturated rings. The van der Waals surface area contributed by atoms with Gasteiger partial charge in [-0.1, -0.05) is 94.9 Å². The van der Waals surface area contributed by atoms with E-state index in [0.29, 0.717) is 10.0 Å². The maximum atomic E-state index is 14.8. The number of alkyl halides is 2. The van der Waals surface area contributed by atoms with E-state index in [1.807, 2.05) is 27.7 Å². The van der Waals surface area contributed by atoms with Gasteiger partial charge in [-0.3, -0.25) is 4.79 Å². The Morgan fingerprint density at radius 2 is 1.10 bits per heavy atom. The van der Waals surface area contributed by atoms with Crippen LogP contribution in [0.5, 0.6) is 0 Å². The number of carbonyl (C=O) groups is 1. The van der Waals surface area contributed by atoms with Crippen LogP contribution in [0.15, 0.2) is 24.3 Å². The Hall–Kier alpha value is -0.490. The van der Waals surface area contributed by atoms with Gasteiger partial charge in [0.25, 0.3) is 0 Å². The van der Waals surface area contributed by atoms with Crippen molar-refractivity contribution in [1.29, 1.82) is 0 Å². The summed E-state index contributed by atoms with van der Waals surface area (Å²) in [5, 5.41) is 1.07. The Morgan fingerprint density at radius 3 is 1.37 bits per heavy atom. The molecule has 2 aromatic rings. The van der Waals surface area contributed by atoms with E-state index in [0.717, 1.165) is 11.1 Å². The van der Waals surface area contributed by atoms with Crippen LogP contribution >= 0.6 is 55.1 Å². The van der Waals surface area contributed by atoms with Crippen LogP contribution in [0.1, 0.15) is 73.6 Å². The van der Waals surface area contributed by atoms with E-state index in [9.17, 15) is 13.6 Å². The normalized spacial score (nSPS) is 13.7. The molecule has 0 aliphatic carbocycles. The standard InChI is InChI=1S/C23H24Br2Cl2F2O/c1-11(2)13-5-15(21(28)7-19(13)26)17(9-24)23(30)18(10-25)16-6-14(12(3)4)20(27)8-22(16)29/h5-8,11-12,17-18H,9-10H2,1-4H3. The Bertz CT molecular complexity index is 858. The van der Waals surface area contributed by atoms with Crippen LogP contribution in [0.3, 0.4) is 0 Å². The van der Waals surface area contributed by atoms with Crippen molar-refractivity contribution in [2.24, 2.45) is 0 Å². The van der Waals surface area contributed by atoms with Gasteiger partial charge in [0.15, 0.2) is 0 Å². The molecule has 164 valence electrons.